The summed E-state index contributed by atoms with van der Waals surface area (Å²) in [6.45, 7) is 14.5. The van der Waals surface area contributed by atoms with Gasteiger partial charge in [-0.3, -0.25) is 4.79 Å². The Morgan fingerprint density at radius 1 is 1.05 bits per heavy atom. The second kappa shape index (κ2) is 12.1. The lowest BCUT2D eigenvalue weighted by Gasteiger charge is -2.39. The van der Waals surface area contributed by atoms with Gasteiger partial charge in [-0.2, -0.15) is 0 Å². The van der Waals surface area contributed by atoms with Crippen molar-refractivity contribution >= 4 is 23.3 Å². The summed E-state index contributed by atoms with van der Waals surface area (Å²) in [6, 6.07) is 7.85. The van der Waals surface area contributed by atoms with E-state index in [4.69, 9.17) is 11.6 Å². The normalized spacial score (nSPS) is 22.9. The van der Waals surface area contributed by atoms with Gasteiger partial charge in [0.15, 0.2) is 0 Å². The minimum absolute atomic E-state index is 0.196. The summed E-state index contributed by atoms with van der Waals surface area (Å²) >= 11 is 6.23. The molecule has 1 amide bonds. The van der Waals surface area contributed by atoms with E-state index in [2.05, 4.69) is 47.5 Å². The molecule has 3 aliphatic rings. The molecule has 1 saturated heterocycles. The van der Waals surface area contributed by atoms with Gasteiger partial charge >= 0.3 is 0 Å². The molecule has 0 unspecified atom stereocenters. The van der Waals surface area contributed by atoms with Crippen LogP contribution in [0.15, 0.2) is 30.6 Å². The number of aliphatic hydroxyl groups excluding tert-OH is 1. The van der Waals surface area contributed by atoms with Gasteiger partial charge in [0.25, 0.3) is 0 Å². The molecule has 0 bridgehead atoms. The number of aromatic nitrogens is 2. The van der Waals surface area contributed by atoms with Gasteiger partial charge in [-0.1, -0.05) is 51.4 Å². The average Bonchev–Trinajstić information content (AvgIpc) is 3.73. The van der Waals surface area contributed by atoms with Crippen molar-refractivity contribution in [1.29, 1.82) is 0 Å². The number of carbonyl (C=O) groups is 1. The molecule has 39 heavy (non-hydrogen) atoms. The highest BCUT2D eigenvalue weighted by Gasteiger charge is 2.36. The predicted molar refractivity (Wildman–Crippen MR) is 156 cm³/mol. The molecule has 4 atom stereocenters. The van der Waals surface area contributed by atoms with E-state index in [1.54, 1.807) is 6.33 Å². The molecule has 1 N–H and O–H groups in total. The molecule has 2 fully saturated rings. The van der Waals surface area contributed by atoms with E-state index < -0.39 is 6.10 Å². The summed E-state index contributed by atoms with van der Waals surface area (Å²) in [5.74, 6) is 3.15. The second-order valence-electron chi connectivity index (χ2n) is 12.5. The van der Waals surface area contributed by atoms with Crippen molar-refractivity contribution in [2.45, 2.75) is 64.9 Å². The second-order valence-corrected chi connectivity index (χ2v) is 12.9. The SMILES string of the molecule is CC(C)CN(C[C@@H](C)C1CC1)C[C@@H](C(=O)N1CCN(c2ncnc3c2[C@H](C)C[C@H]3O)CC1)c1ccc(Cl)cc1. The Labute approximate surface area is 238 Å². The molecule has 2 aliphatic carbocycles. The molecule has 2 aromatic rings. The van der Waals surface area contributed by atoms with Crippen molar-refractivity contribution < 1.29 is 9.90 Å². The Bertz CT molecular complexity index is 1130. The van der Waals surface area contributed by atoms with Gasteiger partial charge in [0, 0.05) is 56.4 Å². The van der Waals surface area contributed by atoms with Gasteiger partial charge in [-0.05, 0) is 60.6 Å². The van der Waals surface area contributed by atoms with Crippen LogP contribution in [0.5, 0.6) is 0 Å². The number of fused-ring (bicyclic) bond motifs is 1. The largest absolute Gasteiger partial charge is 0.387 e. The first kappa shape index (κ1) is 28.3. The van der Waals surface area contributed by atoms with Crippen LogP contribution in [-0.2, 0) is 4.79 Å². The highest BCUT2D eigenvalue weighted by atomic mass is 35.5. The lowest BCUT2D eigenvalue weighted by atomic mass is 9.95. The zero-order valence-corrected chi connectivity index (χ0v) is 24.6. The minimum Gasteiger partial charge on any atom is -0.387 e. The van der Waals surface area contributed by atoms with E-state index >= 15 is 0 Å². The van der Waals surface area contributed by atoms with Gasteiger partial charge < -0.3 is 19.8 Å². The molecular formula is C31H44ClN5O2. The highest BCUT2D eigenvalue weighted by molar-refractivity contribution is 6.30. The monoisotopic (exact) mass is 553 g/mol. The maximum Gasteiger partial charge on any atom is 0.231 e. The number of aliphatic hydroxyl groups is 1. The Balaban J connectivity index is 1.31. The first-order valence-electron chi connectivity index (χ1n) is 14.8. The predicted octanol–water partition coefficient (Wildman–Crippen LogP) is 5.11. The fraction of sp³-hybridized carbons (Fsp3) is 0.645. The summed E-state index contributed by atoms with van der Waals surface area (Å²) in [4.78, 5) is 30.0. The fourth-order valence-electron chi connectivity index (χ4n) is 6.55. The minimum atomic E-state index is -0.517. The number of hydrogen-bond donors (Lipinski definition) is 1. The van der Waals surface area contributed by atoms with Crippen LogP contribution in [-0.4, -0.2) is 76.6 Å². The van der Waals surface area contributed by atoms with Gasteiger partial charge in [-0.25, -0.2) is 9.97 Å². The van der Waals surface area contributed by atoms with Gasteiger partial charge in [0.2, 0.25) is 5.91 Å². The Morgan fingerprint density at radius 3 is 2.38 bits per heavy atom. The first-order valence-corrected chi connectivity index (χ1v) is 15.1. The molecule has 1 aliphatic heterocycles. The van der Waals surface area contributed by atoms with Crippen LogP contribution in [0.2, 0.25) is 5.02 Å². The molecule has 1 aromatic carbocycles. The molecule has 1 saturated carbocycles. The Kier molecular flexibility index (Phi) is 8.79. The van der Waals surface area contributed by atoms with Gasteiger partial charge in [-0.15, -0.1) is 0 Å². The number of rotatable bonds is 10. The fourth-order valence-corrected chi connectivity index (χ4v) is 6.68. The highest BCUT2D eigenvalue weighted by Crippen LogP contribution is 2.43. The standard InChI is InChI=1S/C31H44ClN5O2/c1-20(2)16-35(17-22(4)23-5-6-23)18-26(24-7-9-25(32)10-8-24)31(39)37-13-11-36(12-14-37)30-28-21(3)15-27(38)29(28)33-19-34-30/h7-10,19-23,26-27,38H,5-6,11-18H2,1-4H3/t21-,22-,26-,27-/m1/s1. The molecule has 212 valence electrons. The third-order valence-corrected chi connectivity index (χ3v) is 9.03. The summed E-state index contributed by atoms with van der Waals surface area (Å²) in [6.07, 6.45) is 4.42. The van der Waals surface area contributed by atoms with Crippen molar-refractivity contribution in [3.8, 4) is 0 Å². The van der Waals surface area contributed by atoms with E-state index in [1.165, 1.54) is 12.8 Å². The smallest absolute Gasteiger partial charge is 0.231 e. The van der Waals surface area contributed by atoms with Crippen LogP contribution in [0.1, 0.15) is 81.7 Å². The molecule has 1 aromatic heterocycles. The zero-order chi connectivity index (χ0) is 27.7. The van der Waals surface area contributed by atoms with Crippen molar-refractivity contribution in [2.75, 3.05) is 50.7 Å². The molecule has 7 nitrogen and oxygen atoms in total. The summed E-state index contributed by atoms with van der Waals surface area (Å²) in [5.41, 5.74) is 2.87. The number of piperazine rings is 1. The van der Waals surface area contributed by atoms with Gasteiger partial charge in [0.1, 0.15) is 12.1 Å². The van der Waals surface area contributed by atoms with E-state index in [-0.39, 0.29) is 17.7 Å². The van der Waals surface area contributed by atoms with Crippen LogP contribution >= 0.6 is 11.6 Å². The Morgan fingerprint density at radius 2 is 1.74 bits per heavy atom. The van der Waals surface area contributed by atoms with E-state index in [0.717, 1.165) is 61.3 Å². The molecule has 5 rings (SSSR count). The summed E-state index contributed by atoms with van der Waals surface area (Å²) in [7, 11) is 0. The topological polar surface area (TPSA) is 72.8 Å². The first-order chi connectivity index (χ1) is 18.7. The van der Waals surface area contributed by atoms with Crippen molar-refractivity contribution in [3.05, 3.63) is 52.4 Å². The average molecular weight is 554 g/mol. The quantitative estimate of drug-likeness (QED) is 0.441. The van der Waals surface area contributed by atoms with Crippen molar-refractivity contribution in [2.24, 2.45) is 17.8 Å². The maximum atomic E-state index is 14.2. The number of nitrogens with zero attached hydrogens (tertiary/aromatic N) is 5. The molecular weight excluding hydrogens is 510 g/mol. The van der Waals surface area contributed by atoms with Crippen molar-refractivity contribution in [3.63, 3.8) is 0 Å². The van der Waals surface area contributed by atoms with E-state index in [1.807, 2.05) is 29.2 Å². The molecule has 0 spiro atoms. The maximum absolute atomic E-state index is 14.2. The van der Waals surface area contributed by atoms with Crippen LogP contribution in [0.4, 0.5) is 5.82 Å². The third-order valence-electron chi connectivity index (χ3n) is 8.78. The van der Waals surface area contributed by atoms with Crippen LogP contribution in [0, 0.1) is 17.8 Å². The molecule has 8 heteroatoms. The summed E-state index contributed by atoms with van der Waals surface area (Å²) < 4.78 is 0. The lowest BCUT2D eigenvalue weighted by molar-refractivity contribution is -0.133. The number of carbonyl (C=O) groups excluding carboxylic acids is 1. The molecule has 0 radical (unpaired) electrons. The van der Waals surface area contributed by atoms with Crippen LogP contribution in [0.3, 0.4) is 0 Å². The van der Waals surface area contributed by atoms with Crippen LogP contribution in [0.25, 0.3) is 0 Å². The number of benzene rings is 1. The molecule has 2 heterocycles. The zero-order valence-electron chi connectivity index (χ0n) is 23.9. The van der Waals surface area contributed by atoms with Gasteiger partial charge in [0.05, 0.1) is 17.7 Å². The van der Waals surface area contributed by atoms with E-state index in [9.17, 15) is 9.90 Å². The number of anilines is 1. The Hall–Kier alpha value is -2.22. The van der Waals surface area contributed by atoms with E-state index in [0.29, 0.717) is 36.4 Å². The third kappa shape index (κ3) is 6.58. The number of amides is 1. The lowest BCUT2D eigenvalue weighted by Crippen LogP contribution is -2.52. The van der Waals surface area contributed by atoms with Crippen molar-refractivity contribution in [1.82, 2.24) is 19.8 Å². The number of hydrogen-bond acceptors (Lipinski definition) is 6. The van der Waals surface area contributed by atoms with Crippen LogP contribution < -0.4 is 4.90 Å². The summed E-state index contributed by atoms with van der Waals surface area (Å²) in [5, 5.41) is 11.1. The number of halogens is 1.